The lowest BCUT2D eigenvalue weighted by molar-refractivity contribution is -0.141. The standard InChI is InChI=1S/C35H43N3O5/c1-21-10-8-13-26(18-21)31(32(40)37-30-22(2)11-9-12-23(30)3)38(29-19-24(29)4)33(41)28(36-34(42)43-35(5,6)7)20-25-14-16-27(39)17-15-25/h8-18,24,28-29,31,39H,19-20H2,1-7H3,(H,36,42)(H,37,40). The number of aryl methyl sites for hydroxylation is 3. The third kappa shape index (κ3) is 8.15. The summed E-state index contributed by atoms with van der Waals surface area (Å²) in [4.78, 5) is 43.6. The second-order valence-electron chi connectivity index (χ2n) is 12.7. The molecular weight excluding hydrogens is 542 g/mol. The molecule has 0 radical (unpaired) electrons. The van der Waals surface area contributed by atoms with Crippen LogP contribution in [-0.4, -0.2) is 45.6 Å². The molecule has 1 aliphatic carbocycles. The zero-order valence-corrected chi connectivity index (χ0v) is 26.1. The number of aromatic hydroxyl groups is 1. The van der Waals surface area contributed by atoms with Gasteiger partial charge in [0.1, 0.15) is 23.4 Å². The SMILES string of the molecule is Cc1cccc(C(C(=O)Nc2c(C)cccc2C)N(C(=O)C(Cc2ccc(O)cc2)NC(=O)OC(C)(C)C)C2CC2C)c1. The van der Waals surface area contributed by atoms with Crippen molar-refractivity contribution in [1.82, 2.24) is 10.2 Å². The fourth-order valence-corrected chi connectivity index (χ4v) is 5.35. The van der Waals surface area contributed by atoms with Crippen LogP contribution in [-0.2, 0) is 20.7 Å². The molecule has 0 aromatic heterocycles. The Morgan fingerprint density at radius 1 is 0.977 bits per heavy atom. The number of carbonyl (C=O) groups excluding carboxylic acids is 3. The summed E-state index contributed by atoms with van der Waals surface area (Å²) in [6.07, 6.45) is 0.165. The number of nitrogens with one attached hydrogen (secondary N) is 2. The molecule has 0 spiro atoms. The highest BCUT2D eigenvalue weighted by Gasteiger charge is 2.48. The average molecular weight is 586 g/mol. The Hall–Kier alpha value is -4.33. The first-order chi connectivity index (χ1) is 20.2. The van der Waals surface area contributed by atoms with E-state index in [1.165, 1.54) is 0 Å². The molecular formula is C35H43N3O5. The number of ether oxygens (including phenoxy) is 1. The molecule has 8 nitrogen and oxygen atoms in total. The number of para-hydroxylation sites is 1. The summed E-state index contributed by atoms with van der Waals surface area (Å²) in [6, 6.07) is 17.8. The van der Waals surface area contributed by atoms with Crippen LogP contribution in [0.25, 0.3) is 0 Å². The van der Waals surface area contributed by atoms with Crippen LogP contribution in [0, 0.1) is 26.7 Å². The van der Waals surface area contributed by atoms with E-state index >= 15 is 0 Å². The first kappa shape index (κ1) is 31.6. The summed E-state index contributed by atoms with van der Waals surface area (Å²) in [5.41, 5.74) is 4.19. The van der Waals surface area contributed by atoms with E-state index in [-0.39, 0.29) is 35.9 Å². The molecule has 228 valence electrons. The molecule has 4 rings (SSSR count). The molecule has 0 heterocycles. The molecule has 4 unspecified atom stereocenters. The molecule has 0 aliphatic heterocycles. The van der Waals surface area contributed by atoms with Crippen molar-refractivity contribution in [3.05, 3.63) is 94.5 Å². The highest BCUT2D eigenvalue weighted by Crippen LogP contribution is 2.41. The van der Waals surface area contributed by atoms with Crippen LogP contribution in [0.5, 0.6) is 5.75 Å². The van der Waals surface area contributed by atoms with Crippen LogP contribution < -0.4 is 10.6 Å². The number of phenolic OH excluding ortho intramolecular Hbond substituents is 1. The molecule has 3 aromatic rings. The Morgan fingerprint density at radius 2 is 1.58 bits per heavy atom. The van der Waals surface area contributed by atoms with Gasteiger partial charge in [0.05, 0.1) is 0 Å². The van der Waals surface area contributed by atoms with Crippen molar-refractivity contribution in [3.8, 4) is 5.75 Å². The predicted molar refractivity (Wildman–Crippen MR) is 168 cm³/mol. The summed E-state index contributed by atoms with van der Waals surface area (Å²) in [5.74, 6) is -0.421. The van der Waals surface area contributed by atoms with Gasteiger partial charge in [-0.05, 0) is 88.3 Å². The Labute approximate surface area is 254 Å². The highest BCUT2D eigenvalue weighted by atomic mass is 16.6. The van der Waals surface area contributed by atoms with Crippen molar-refractivity contribution in [2.45, 2.75) is 85.0 Å². The van der Waals surface area contributed by atoms with Crippen LogP contribution in [0.15, 0.2) is 66.7 Å². The van der Waals surface area contributed by atoms with Crippen LogP contribution in [0.3, 0.4) is 0 Å². The van der Waals surface area contributed by atoms with Gasteiger partial charge < -0.3 is 25.4 Å². The fraction of sp³-hybridized carbons (Fsp3) is 0.400. The van der Waals surface area contributed by atoms with E-state index in [9.17, 15) is 19.5 Å². The molecule has 1 fully saturated rings. The first-order valence-corrected chi connectivity index (χ1v) is 14.8. The second kappa shape index (κ2) is 12.9. The molecule has 3 amide bonds. The van der Waals surface area contributed by atoms with Gasteiger partial charge in [0.15, 0.2) is 0 Å². The fourth-order valence-electron chi connectivity index (χ4n) is 5.35. The number of hydrogen-bond acceptors (Lipinski definition) is 5. The Balaban J connectivity index is 1.77. The average Bonchev–Trinajstić information content (AvgIpc) is 3.64. The van der Waals surface area contributed by atoms with Gasteiger partial charge in [-0.1, -0.05) is 67.1 Å². The van der Waals surface area contributed by atoms with E-state index in [0.29, 0.717) is 11.3 Å². The molecule has 3 N–H and O–H groups in total. The second-order valence-corrected chi connectivity index (χ2v) is 12.7. The molecule has 4 atom stereocenters. The maximum Gasteiger partial charge on any atom is 0.408 e. The number of rotatable bonds is 9. The van der Waals surface area contributed by atoms with Gasteiger partial charge >= 0.3 is 6.09 Å². The molecule has 3 aromatic carbocycles. The minimum atomic E-state index is -1.02. The summed E-state index contributed by atoms with van der Waals surface area (Å²) >= 11 is 0. The number of phenols is 1. The highest BCUT2D eigenvalue weighted by molar-refractivity contribution is 6.00. The normalized spacial score (nSPS) is 17.4. The van der Waals surface area contributed by atoms with Gasteiger partial charge in [-0.25, -0.2) is 4.79 Å². The van der Waals surface area contributed by atoms with E-state index in [4.69, 9.17) is 4.74 Å². The van der Waals surface area contributed by atoms with Crippen LogP contribution in [0.1, 0.15) is 68.0 Å². The van der Waals surface area contributed by atoms with Gasteiger partial charge in [-0.2, -0.15) is 0 Å². The topological polar surface area (TPSA) is 108 Å². The van der Waals surface area contributed by atoms with Crippen molar-refractivity contribution in [2.75, 3.05) is 5.32 Å². The lowest BCUT2D eigenvalue weighted by atomic mass is 9.98. The molecule has 43 heavy (non-hydrogen) atoms. The number of benzene rings is 3. The molecule has 0 saturated heterocycles. The zero-order valence-electron chi connectivity index (χ0n) is 26.1. The maximum atomic E-state index is 14.7. The minimum Gasteiger partial charge on any atom is -0.508 e. The van der Waals surface area contributed by atoms with Crippen molar-refractivity contribution in [2.24, 2.45) is 5.92 Å². The van der Waals surface area contributed by atoms with E-state index in [0.717, 1.165) is 28.7 Å². The molecule has 1 aliphatic rings. The quantitative estimate of drug-likeness (QED) is 0.271. The Bertz CT molecular complexity index is 1460. The summed E-state index contributed by atoms with van der Waals surface area (Å²) in [5, 5.41) is 15.7. The molecule has 8 heteroatoms. The van der Waals surface area contributed by atoms with E-state index < -0.39 is 23.8 Å². The lowest BCUT2D eigenvalue weighted by Gasteiger charge is -2.35. The monoisotopic (exact) mass is 585 g/mol. The smallest absolute Gasteiger partial charge is 0.408 e. The summed E-state index contributed by atoms with van der Waals surface area (Å²) in [7, 11) is 0. The van der Waals surface area contributed by atoms with Gasteiger partial charge in [0.25, 0.3) is 5.91 Å². The zero-order chi connectivity index (χ0) is 31.5. The van der Waals surface area contributed by atoms with Crippen molar-refractivity contribution < 1.29 is 24.2 Å². The molecule has 1 saturated carbocycles. The van der Waals surface area contributed by atoms with Crippen LogP contribution in [0.4, 0.5) is 10.5 Å². The largest absolute Gasteiger partial charge is 0.508 e. The van der Waals surface area contributed by atoms with E-state index in [1.807, 2.05) is 63.2 Å². The van der Waals surface area contributed by atoms with Crippen molar-refractivity contribution in [3.63, 3.8) is 0 Å². The summed E-state index contributed by atoms with van der Waals surface area (Å²) in [6.45, 7) is 13.2. The number of hydrogen-bond donors (Lipinski definition) is 3. The van der Waals surface area contributed by atoms with Crippen LogP contribution in [0.2, 0.25) is 0 Å². The lowest BCUT2D eigenvalue weighted by Crippen LogP contribution is -2.54. The Kier molecular flexibility index (Phi) is 9.48. The van der Waals surface area contributed by atoms with E-state index in [1.54, 1.807) is 49.9 Å². The number of nitrogens with zero attached hydrogens (tertiary/aromatic N) is 1. The molecule has 0 bridgehead atoms. The number of alkyl carbamates (subject to hydrolysis) is 1. The van der Waals surface area contributed by atoms with Gasteiger partial charge in [0, 0.05) is 18.2 Å². The summed E-state index contributed by atoms with van der Waals surface area (Å²) < 4.78 is 5.53. The minimum absolute atomic E-state index is 0.0999. The number of anilines is 1. The third-order valence-corrected chi connectivity index (χ3v) is 7.66. The first-order valence-electron chi connectivity index (χ1n) is 14.8. The van der Waals surface area contributed by atoms with Gasteiger partial charge in [-0.15, -0.1) is 0 Å². The van der Waals surface area contributed by atoms with E-state index in [2.05, 4.69) is 17.6 Å². The van der Waals surface area contributed by atoms with Crippen molar-refractivity contribution in [1.29, 1.82) is 0 Å². The third-order valence-electron chi connectivity index (χ3n) is 7.66. The number of carbonyl (C=O) groups is 3. The number of amides is 3. The van der Waals surface area contributed by atoms with Crippen LogP contribution >= 0.6 is 0 Å². The maximum absolute atomic E-state index is 14.7. The van der Waals surface area contributed by atoms with Gasteiger partial charge in [-0.3, -0.25) is 9.59 Å². The van der Waals surface area contributed by atoms with Crippen molar-refractivity contribution >= 4 is 23.6 Å². The Morgan fingerprint density at radius 3 is 2.14 bits per heavy atom. The van der Waals surface area contributed by atoms with Gasteiger partial charge in [0.2, 0.25) is 5.91 Å². The predicted octanol–water partition coefficient (Wildman–Crippen LogP) is 6.37.